The second kappa shape index (κ2) is 10.8. The number of rotatable bonds is 9. The van der Waals surface area contributed by atoms with Crippen molar-refractivity contribution in [2.24, 2.45) is 0 Å². The molecule has 2 saturated heterocycles. The molecular formula is C29H42O8Si. The number of aliphatic hydroxyl groups is 1. The highest BCUT2D eigenvalue weighted by atomic mass is 28.4. The Bertz CT molecular complexity index is 1070. The van der Waals surface area contributed by atoms with Crippen LogP contribution in [0.3, 0.4) is 0 Å². The van der Waals surface area contributed by atoms with Gasteiger partial charge < -0.3 is 38.0 Å². The third kappa shape index (κ3) is 5.88. The average Bonchev–Trinajstić information content (AvgIpc) is 3.33. The maximum Gasteiger partial charge on any atom is 0.250 e. The second-order valence-electron chi connectivity index (χ2n) is 11.9. The van der Waals surface area contributed by atoms with Crippen LogP contribution in [0.5, 0.6) is 17.2 Å². The number of hydrogen-bond donors (Lipinski definition) is 1. The second-order valence-corrected chi connectivity index (χ2v) is 16.6. The third-order valence-electron chi connectivity index (χ3n) is 7.61. The van der Waals surface area contributed by atoms with Crippen molar-refractivity contribution < 1.29 is 38.0 Å². The number of methoxy groups -OCH3 is 2. The number of hydrogen-bond acceptors (Lipinski definition) is 8. The van der Waals surface area contributed by atoms with Gasteiger partial charge in [0.2, 0.25) is 0 Å². The van der Waals surface area contributed by atoms with Gasteiger partial charge in [0.25, 0.3) is 8.32 Å². The van der Waals surface area contributed by atoms with E-state index in [1.165, 1.54) is 0 Å². The standard InChI is InChI=1S/C29H42O8Si/c1-28(2,3)38(8,9)37-23-20(31-6)15-19(16-21(23)32-7)22(30)24-25(33-17-18-13-11-10-12-14-18)26-27(34-24)36-29(4,5)35-26/h10-16,22,24-27,30H,17H2,1-9H3/t22?,24-,25+,26-,27-/m1/s1. The van der Waals surface area contributed by atoms with Crippen LogP contribution >= 0.6 is 0 Å². The lowest BCUT2D eigenvalue weighted by atomic mass is 9.98. The zero-order valence-electron chi connectivity index (χ0n) is 23.9. The molecule has 2 heterocycles. The molecule has 0 aromatic heterocycles. The average molecular weight is 547 g/mol. The molecule has 0 saturated carbocycles. The maximum atomic E-state index is 11.6. The molecule has 0 aliphatic carbocycles. The zero-order chi connectivity index (χ0) is 27.9. The van der Waals surface area contributed by atoms with Gasteiger partial charge in [0.1, 0.15) is 24.4 Å². The normalized spacial score (nSPS) is 25.6. The summed E-state index contributed by atoms with van der Waals surface area (Å²) in [6.45, 7) is 14.9. The van der Waals surface area contributed by atoms with Crippen LogP contribution in [0.15, 0.2) is 42.5 Å². The van der Waals surface area contributed by atoms with Crippen molar-refractivity contribution in [3.8, 4) is 17.2 Å². The fourth-order valence-corrected chi connectivity index (χ4v) is 5.50. The molecule has 0 radical (unpaired) electrons. The summed E-state index contributed by atoms with van der Waals surface area (Å²) in [5.74, 6) is 0.690. The minimum Gasteiger partial charge on any atom is -0.539 e. The summed E-state index contributed by atoms with van der Waals surface area (Å²) in [6.07, 6.45) is -3.53. The Morgan fingerprint density at radius 1 is 1.00 bits per heavy atom. The van der Waals surface area contributed by atoms with Crippen LogP contribution in [-0.2, 0) is 25.6 Å². The zero-order valence-corrected chi connectivity index (χ0v) is 24.9. The Balaban J connectivity index is 1.63. The van der Waals surface area contributed by atoms with Crippen molar-refractivity contribution in [1.82, 2.24) is 0 Å². The topological polar surface area (TPSA) is 84.8 Å². The van der Waals surface area contributed by atoms with Crippen LogP contribution < -0.4 is 13.9 Å². The SMILES string of the molecule is COc1cc(C(O)[C@H]2O[C@@H]3OC(C)(C)O[C@@H]3[C@H]2OCc2ccccc2)cc(OC)c1O[Si](C)(C)C(C)(C)C. The molecule has 5 atom stereocenters. The van der Waals surface area contributed by atoms with Crippen LogP contribution in [0.1, 0.15) is 51.8 Å². The van der Waals surface area contributed by atoms with Gasteiger partial charge in [-0.3, -0.25) is 0 Å². The number of fused-ring (bicyclic) bond motifs is 1. The lowest BCUT2D eigenvalue weighted by molar-refractivity contribution is -0.231. The van der Waals surface area contributed by atoms with E-state index in [0.29, 0.717) is 29.4 Å². The molecule has 2 fully saturated rings. The van der Waals surface area contributed by atoms with E-state index in [-0.39, 0.29) is 5.04 Å². The molecule has 0 spiro atoms. The quantitative estimate of drug-likeness (QED) is 0.408. The highest BCUT2D eigenvalue weighted by molar-refractivity contribution is 6.74. The summed E-state index contributed by atoms with van der Waals surface area (Å²) < 4.78 is 42.6. The first-order valence-electron chi connectivity index (χ1n) is 13.1. The Hall–Kier alpha value is -2.14. The molecule has 1 N–H and O–H groups in total. The van der Waals surface area contributed by atoms with Crippen molar-refractivity contribution >= 4 is 8.32 Å². The first kappa shape index (κ1) is 28.9. The smallest absolute Gasteiger partial charge is 0.250 e. The van der Waals surface area contributed by atoms with E-state index >= 15 is 0 Å². The van der Waals surface area contributed by atoms with Crippen molar-refractivity contribution in [3.05, 3.63) is 53.6 Å². The minimum absolute atomic E-state index is 0.0201. The van der Waals surface area contributed by atoms with Crippen molar-refractivity contribution in [2.45, 2.75) is 95.9 Å². The highest BCUT2D eigenvalue weighted by Crippen LogP contribution is 2.48. The summed E-state index contributed by atoms with van der Waals surface area (Å²) in [7, 11) is 0.963. The van der Waals surface area contributed by atoms with E-state index in [1.807, 2.05) is 44.2 Å². The molecule has 1 unspecified atom stereocenters. The molecule has 210 valence electrons. The van der Waals surface area contributed by atoms with Gasteiger partial charge in [0.15, 0.2) is 29.3 Å². The van der Waals surface area contributed by atoms with Gasteiger partial charge >= 0.3 is 0 Å². The van der Waals surface area contributed by atoms with Gasteiger partial charge in [0.05, 0.1) is 20.8 Å². The van der Waals surface area contributed by atoms with E-state index in [0.717, 1.165) is 5.56 Å². The Morgan fingerprint density at radius 3 is 2.16 bits per heavy atom. The lowest BCUT2D eigenvalue weighted by Gasteiger charge is -2.37. The fraction of sp³-hybridized carbons (Fsp3) is 0.586. The molecule has 2 aliphatic heterocycles. The van der Waals surface area contributed by atoms with E-state index < -0.39 is 44.8 Å². The van der Waals surface area contributed by atoms with Gasteiger partial charge in [-0.15, -0.1) is 0 Å². The first-order valence-corrected chi connectivity index (χ1v) is 16.0. The van der Waals surface area contributed by atoms with Crippen LogP contribution in [-0.4, -0.2) is 58.0 Å². The summed E-state index contributed by atoms with van der Waals surface area (Å²) in [4.78, 5) is 0. The van der Waals surface area contributed by atoms with Gasteiger partial charge in [0, 0.05) is 0 Å². The lowest BCUT2D eigenvalue weighted by Crippen LogP contribution is -2.44. The fourth-order valence-electron chi connectivity index (χ4n) is 4.48. The van der Waals surface area contributed by atoms with Gasteiger partial charge in [-0.1, -0.05) is 51.1 Å². The van der Waals surface area contributed by atoms with Crippen LogP contribution in [0, 0.1) is 0 Å². The molecule has 0 bridgehead atoms. The van der Waals surface area contributed by atoms with Crippen molar-refractivity contribution in [2.75, 3.05) is 14.2 Å². The molecule has 2 aromatic carbocycles. The molecule has 38 heavy (non-hydrogen) atoms. The third-order valence-corrected chi connectivity index (χ3v) is 11.9. The summed E-state index contributed by atoms with van der Waals surface area (Å²) in [5, 5.41) is 11.6. The molecule has 0 amide bonds. The molecule has 2 aliphatic rings. The maximum absolute atomic E-state index is 11.6. The number of benzene rings is 2. The Labute approximate surface area is 227 Å². The summed E-state index contributed by atoms with van der Waals surface area (Å²) in [6, 6.07) is 13.4. The van der Waals surface area contributed by atoms with Gasteiger partial charge in [-0.25, -0.2) is 0 Å². The monoisotopic (exact) mass is 546 g/mol. The first-order chi connectivity index (χ1) is 17.8. The number of ether oxygens (including phenoxy) is 6. The largest absolute Gasteiger partial charge is 0.539 e. The van der Waals surface area contributed by atoms with Crippen molar-refractivity contribution in [1.29, 1.82) is 0 Å². The highest BCUT2D eigenvalue weighted by Gasteiger charge is 2.57. The van der Waals surface area contributed by atoms with E-state index in [4.69, 9.17) is 32.8 Å². The van der Waals surface area contributed by atoms with Crippen LogP contribution in [0.25, 0.3) is 0 Å². The van der Waals surface area contributed by atoms with Gasteiger partial charge in [-0.05, 0) is 55.2 Å². The molecule has 9 heteroatoms. The Morgan fingerprint density at radius 2 is 1.61 bits per heavy atom. The summed E-state index contributed by atoms with van der Waals surface area (Å²) in [5.41, 5.74) is 1.57. The molecular weight excluding hydrogens is 504 g/mol. The number of aliphatic hydroxyl groups excluding tert-OH is 1. The van der Waals surface area contributed by atoms with E-state index in [1.54, 1.807) is 26.4 Å². The minimum atomic E-state index is -2.19. The van der Waals surface area contributed by atoms with E-state index in [9.17, 15) is 5.11 Å². The van der Waals surface area contributed by atoms with Crippen LogP contribution in [0.2, 0.25) is 18.1 Å². The molecule has 8 nitrogen and oxygen atoms in total. The predicted molar refractivity (Wildman–Crippen MR) is 146 cm³/mol. The van der Waals surface area contributed by atoms with E-state index in [2.05, 4.69) is 33.9 Å². The molecule has 2 aromatic rings. The summed E-state index contributed by atoms with van der Waals surface area (Å²) >= 11 is 0. The molecule has 4 rings (SSSR count). The predicted octanol–water partition coefficient (Wildman–Crippen LogP) is 5.58. The van der Waals surface area contributed by atoms with Gasteiger partial charge in [-0.2, -0.15) is 0 Å². The van der Waals surface area contributed by atoms with Crippen LogP contribution in [0.4, 0.5) is 0 Å². The Kier molecular flexibility index (Phi) is 8.19. The van der Waals surface area contributed by atoms with Crippen molar-refractivity contribution in [3.63, 3.8) is 0 Å².